The average molecular weight is 228 g/mol. The van der Waals surface area contributed by atoms with Gasteiger partial charge in [-0.15, -0.1) is 0 Å². The largest absolute Gasteiger partial charge is 0.392 e. The van der Waals surface area contributed by atoms with Crippen LogP contribution in [0.4, 0.5) is 5.69 Å². The molecule has 2 aromatic rings. The highest BCUT2D eigenvalue weighted by molar-refractivity contribution is 5.46. The summed E-state index contributed by atoms with van der Waals surface area (Å²) in [5.74, 6) is 0. The molecule has 0 unspecified atom stereocenters. The highest BCUT2D eigenvalue weighted by Crippen LogP contribution is 2.13. The number of benzene rings is 1. The van der Waals surface area contributed by atoms with Crippen LogP contribution >= 0.6 is 0 Å². The minimum atomic E-state index is 0.0709. The van der Waals surface area contributed by atoms with Gasteiger partial charge in [-0.1, -0.05) is 12.1 Å². The molecule has 3 nitrogen and oxygen atoms in total. The van der Waals surface area contributed by atoms with Crippen molar-refractivity contribution in [3.8, 4) is 0 Å². The lowest BCUT2D eigenvalue weighted by molar-refractivity contribution is 0.282. The Balaban J connectivity index is 2.05. The smallest absolute Gasteiger partial charge is 0.0682 e. The van der Waals surface area contributed by atoms with E-state index in [2.05, 4.69) is 17.2 Å². The number of aliphatic hydroxyl groups excluding tert-OH is 1. The van der Waals surface area contributed by atoms with Crippen LogP contribution in [0, 0.1) is 6.92 Å². The van der Waals surface area contributed by atoms with E-state index in [1.165, 1.54) is 11.1 Å². The molecule has 0 saturated carbocycles. The normalized spacial score (nSPS) is 10.2. The minimum absolute atomic E-state index is 0.0709. The van der Waals surface area contributed by atoms with Crippen molar-refractivity contribution < 1.29 is 5.11 Å². The molecule has 2 N–H and O–H groups in total. The first-order chi connectivity index (χ1) is 8.29. The first-order valence-corrected chi connectivity index (χ1v) is 5.63. The van der Waals surface area contributed by atoms with Gasteiger partial charge < -0.3 is 10.4 Å². The number of rotatable bonds is 4. The second-order valence-electron chi connectivity index (χ2n) is 4.01. The summed E-state index contributed by atoms with van der Waals surface area (Å²) in [6, 6.07) is 9.78. The van der Waals surface area contributed by atoms with E-state index in [0.717, 1.165) is 17.8 Å². The molecule has 88 valence electrons. The Morgan fingerprint density at radius 1 is 1.29 bits per heavy atom. The summed E-state index contributed by atoms with van der Waals surface area (Å²) in [4.78, 5) is 4.11. The van der Waals surface area contributed by atoms with Crippen LogP contribution in [0.25, 0.3) is 0 Å². The van der Waals surface area contributed by atoms with Crippen molar-refractivity contribution in [3.63, 3.8) is 0 Å². The lowest BCUT2D eigenvalue weighted by Gasteiger charge is -2.09. The Hall–Kier alpha value is -1.87. The monoisotopic (exact) mass is 228 g/mol. The molecular formula is C14H16N2O. The van der Waals surface area contributed by atoms with Gasteiger partial charge in [0.2, 0.25) is 0 Å². The van der Waals surface area contributed by atoms with Crippen molar-refractivity contribution in [1.29, 1.82) is 0 Å². The molecule has 0 aliphatic carbocycles. The third-order valence-corrected chi connectivity index (χ3v) is 2.74. The summed E-state index contributed by atoms with van der Waals surface area (Å²) in [5.41, 5.74) is 4.34. The van der Waals surface area contributed by atoms with Gasteiger partial charge in [-0.25, -0.2) is 0 Å². The van der Waals surface area contributed by atoms with Crippen molar-refractivity contribution in [3.05, 3.63) is 59.4 Å². The van der Waals surface area contributed by atoms with Crippen LogP contribution in [-0.2, 0) is 13.2 Å². The second kappa shape index (κ2) is 5.46. The second-order valence-corrected chi connectivity index (χ2v) is 4.01. The van der Waals surface area contributed by atoms with Gasteiger partial charge in [0.15, 0.2) is 0 Å². The average Bonchev–Trinajstić information content (AvgIpc) is 2.38. The summed E-state index contributed by atoms with van der Waals surface area (Å²) in [7, 11) is 0. The number of hydrogen-bond acceptors (Lipinski definition) is 3. The fourth-order valence-corrected chi connectivity index (χ4v) is 1.66. The maximum atomic E-state index is 9.05. The molecule has 0 radical (unpaired) electrons. The predicted molar refractivity (Wildman–Crippen MR) is 68.7 cm³/mol. The number of nitrogens with zero attached hydrogens (tertiary/aromatic N) is 1. The van der Waals surface area contributed by atoms with Gasteiger partial charge in [0.05, 0.1) is 6.61 Å². The number of aliphatic hydroxyl groups is 1. The lowest BCUT2D eigenvalue weighted by atomic mass is 10.1. The summed E-state index contributed by atoms with van der Waals surface area (Å²) < 4.78 is 0. The maximum Gasteiger partial charge on any atom is 0.0682 e. The Kier molecular flexibility index (Phi) is 3.73. The van der Waals surface area contributed by atoms with E-state index in [9.17, 15) is 0 Å². The number of anilines is 1. The number of hydrogen-bond donors (Lipinski definition) is 2. The van der Waals surface area contributed by atoms with Gasteiger partial charge in [0.1, 0.15) is 0 Å². The molecule has 0 aliphatic rings. The van der Waals surface area contributed by atoms with Gasteiger partial charge in [-0.2, -0.15) is 0 Å². The van der Waals surface area contributed by atoms with E-state index in [1.807, 2.05) is 36.5 Å². The Morgan fingerprint density at radius 2 is 2.18 bits per heavy atom. The van der Waals surface area contributed by atoms with Crippen LogP contribution in [0.1, 0.15) is 16.7 Å². The van der Waals surface area contributed by atoms with E-state index < -0.39 is 0 Å². The van der Waals surface area contributed by atoms with Crippen molar-refractivity contribution in [2.45, 2.75) is 20.1 Å². The van der Waals surface area contributed by atoms with Crippen LogP contribution in [0.2, 0.25) is 0 Å². The van der Waals surface area contributed by atoms with Gasteiger partial charge in [0.25, 0.3) is 0 Å². The molecule has 0 aliphatic heterocycles. The van der Waals surface area contributed by atoms with Crippen LogP contribution in [0.15, 0.2) is 42.7 Å². The summed E-state index contributed by atoms with van der Waals surface area (Å²) in [6.07, 6.45) is 3.67. The molecule has 0 fully saturated rings. The van der Waals surface area contributed by atoms with Crippen LogP contribution < -0.4 is 5.32 Å². The summed E-state index contributed by atoms with van der Waals surface area (Å²) in [5, 5.41) is 12.4. The van der Waals surface area contributed by atoms with Gasteiger partial charge in [-0.05, 0) is 41.8 Å². The zero-order valence-corrected chi connectivity index (χ0v) is 9.85. The first kappa shape index (κ1) is 11.6. The molecule has 0 amide bonds. The SMILES string of the molecule is Cc1ccncc1CNc1cccc(CO)c1. The lowest BCUT2D eigenvalue weighted by Crippen LogP contribution is -2.02. The van der Waals surface area contributed by atoms with Crippen LogP contribution in [0.3, 0.4) is 0 Å². The minimum Gasteiger partial charge on any atom is -0.392 e. The molecule has 17 heavy (non-hydrogen) atoms. The van der Waals surface area contributed by atoms with Gasteiger partial charge in [0, 0.05) is 24.6 Å². The van der Waals surface area contributed by atoms with E-state index in [-0.39, 0.29) is 6.61 Å². The Morgan fingerprint density at radius 3 is 2.94 bits per heavy atom. The van der Waals surface area contributed by atoms with Crippen molar-refractivity contribution in [2.75, 3.05) is 5.32 Å². The molecule has 2 rings (SSSR count). The van der Waals surface area contributed by atoms with Crippen molar-refractivity contribution in [1.82, 2.24) is 4.98 Å². The molecule has 0 bridgehead atoms. The maximum absolute atomic E-state index is 9.05. The van der Waals surface area contributed by atoms with Crippen LogP contribution in [-0.4, -0.2) is 10.1 Å². The fraction of sp³-hybridized carbons (Fsp3) is 0.214. The zero-order valence-electron chi connectivity index (χ0n) is 9.85. The molecule has 1 aromatic heterocycles. The third-order valence-electron chi connectivity index (χ3n) is 2.74. The summed E-state index contributed by atoms with van der Waals surface area (Å²) in [6.45, 7) is 2.89. The molecule has 1 heterocycles. The quantitative estimate of drug-likeness (QED) is 0.845. The number of aryl methyl sites for hydroxylation is 1. The third kappa shape index (κ3) is 3.04. The standard InChI is InChI=1S/C14H16N2O/c1-11-5-6-15-8-13(11)9-16-14-4-2-3-12(7-14)10-17/h2-8,16-17H,9-10H2,1H3. The molecule has 0 spiro atoms. The highest BCUT2D eigenvalue weighted by atomic mass is 16.3. The fourth-order valence-electron chi connectivity index (χ4n) is 1.66. The highest BCUT2D eigenvalue weighted by Gasteiger charge is 1.98. The molecular weight excluding hydrogens is 212 g/mol. The van der Waals surface area contributed by atoms with Crippen LogP contribution in [0.5, 0.6) is 0 Å². The Labute approximate surface area is 101 Å². The van der Waals surface area contributed by atoms with Gasteiger partial charge >= 0.3 is 0 Å². The molecule has 0 atom stereocenters. The summed E-state index contributed by atoms with van der Waals surface area (Å²) >= 11 is 0. The van der Waals surface area contributed by atoms with E-state index in [1.54, 1.807) is 6.20 Å². The number of nitrogens with one attached hydrogen (secondary N) is 1. The number of pyridine rings is 1. The molecule has 1 aromatic carbocycles. The number of aromatic nitrogens is 1. The van der Waals surface area contributed by atoms with Crippen molar-refractivity contribution >= 4 is 5.69 Å². The zero-order chi connectivity index (χ0) is 12.1. The van der Waals surface area contributed by atoms with E-state index in [4.69, 9.17) is 5.11 Å². The van der Waals surface area contributed by atoms with E-state index in [0.29, 0.717) is 0 Å². The van der Waals surface area contributed by atoms with Crippen molar-refractivity contribution in [2.24, 2.45) is 0 Å². The topological polar surface area (TPSA) is 45.2 Å². The predicted octanol–water partition coefficient (Wildman–Crippen LogP) is 2.49. The molecule has 0 saturated heterocycles. The van der Waals surface area contributed by atoms with E-state index >= 15 is 0 Å². The Bertz CT molecular complexity index is 497. The van der Waals surface area contributed by atoms with Gasteiger partial charge in [-0.3, -0.25) is 4.98 Å². The first-order valence-electron chi connectivity index (χ1n) is 5.63. The molecule has 3 heteroatoms.